The van der Waals surface area contributed by atoms with E-state index in [9.17, 15) is 0 Å². The molecule has 4 aliphatic heterocycles. The largest absolute Gasteiger partial charge is 0.282 e. The zero-order chi connectivity index (χ0) is 9.76. The fourth-order valence-electron chi connectivity index (χ4n) is 3.17. The van der Waals surface area contributed by atoms with Gasteiger partial charge in [-0.25, -0.2) is 14.7 Å². The van der Waals surface area contributed by atoms with Crippen LogP contribution in [0.5, 0.6) is 0 Å². The highest BCUT2D eigenvalue weighted by molar-refractivity contribution is 9.11. The molecule has 4 bridgehead atoms. The van der Waals surface area contributed by atoms with Gasteiger partial charge in [0.25, 0.3) is 0 Å². The molecule has 86 valence electrons. The molecule has 15 heavy (non-hydrogen) atoms. The number of halogens is 2. The Hall–Kier alpha value is 0.540. The van der Waals surface area contributed by atoms with Gasteiger partial charge in [-0.1, -0.05) is 22.5 Å². The lowest BCUT2D eigenvalue weighted by Gasteiger charge is -2.60. The van der Waals surface area contributed by atoms with Crippen molar-refractivity contribution in [2.75, 3.05) is 46.6 Å². The second-order valence-corrected chi connectivity index (χ2v) is 6.00. The highest BCUT2D eigenvalue weighted by atomic mass is 79.9. The number of quaternary nitrogens is 1. The third-order valence-corrected chi connectivity index (χ3v) is 3.46. The van der Waals surface area contributed by atoms with Crippen LogP contribution < -0.4 is 0 Å². The third kappa shape index (κ3) is 2.16. The first-order valence-corrected chi connectivity index (χ1v) is 5.80. The van der Waals surface area contributed by atoms with E-state index in [1.165, 1.54) is 20.0 Å². The number of nitrogens with zero attached hydrogens (tertiary/aromatic N) is 4. The van der Waals surface area contributed by atoms with E-state index in [0.29, 0.717) is 0 Å². The minimum absolute atomic E-state index is 0. The first-order chi connectivity index (χ1) is 6.65. The van der Waals surface area contributed by atoms with E-state index in [1.54, 1.807) is 0 Å². The van der Waals surface area contributed by atoms with Crippen molar-refractivity contribution < 1.29 is 4.48 Å². The first-order valence-electron chi connectivity index (χ1n) is 5.01. The van der Waals surface area contributed by atoms with E-state index in [-0.39, 0.29) is 17.0 Å². The number of rotatable bonds is 2. The van der Waals surface area contributed by atoms with Crippen molar-refractivity contribution in [3.63, 3.8) is 0 Å². The summed E-state index contributed by atoms with van der Waals surface area (Å²) in [7, 11) is 0. The molecule has 4 nitrogen and oxygen atoms in total. The SMILES string of the molecule is Br.C=C(Br)C[N+]12CN3CN(CN(C3)C1)C2. The van der Waals surface area contributed by atoms with E-state index in [2.05, 4.69) is 37.2 Å². The molecule has 0 unspecified atom stereocenters. The Labute approximate surface area is 110 Å². The Morgan fingerprint density at radius 3 is 1.80 bits per heavy atom. The predicted octanol–water partition coefficient (Wildman–Crippen LogP) is 0.982. The summed E-state index contributed by atoms with van der Waals surface area (Å²) in [5, 5.41) is 0. The van der Waals surface area contributed by atoms with Gasteiger partial charge in [0.05, 0.1) is 20.0 Å². The van der Waals surface area contributed by atoms with Gasteiger partial charge in [-0.3, -0.25) is 4.48 Å². The van der Waals surface area contributed by atoms with Crippen LogP contribution in [0, 0.1) is 0 Å². The molecule has 0 atom stereocenters. The minimum Gasteiger partial charge on any atom is -0.282 e. The maximum absolute atomic E-state index is 3.98. The van der Waals surface area contributed by atoms with Gasteiger partial charge in [0.15, 0.2) is 0 Å². The van der Waals surface area contributed by atoms with Crippen molar-refractivity contribution in [3.8, 4) is 0 Å². The van der Waals surface area contributed by atoms with Crippen molar-refractivity contribution >= 4 is 32.9 Å². The van der Waals surface area contributed by atoms with E-state index >= 15 is 0 Å². The molecule has 0 saturated carbocycles. The lowest BCUT2D eigenvalue weighted by atomic mass is 10.3. The Morgan fingerprint density at radius 1 is 1.07 bits per heavy atom. The fourth-order valence-corrected chi connectivity index (χ4v) is 3.70. The number of hydrogen-bond acceptors (Lipinski definition) is 3. The minimum atomic E-state index is 0. The van der Waals surface area contributed by atoms with Gasteiger partial charge in [0, 0.05) is 4.48 Å². The van der Waals surface area contributed by atoms with Crippen molar-refractivity contribution in [1.82, 2.24) is 14.7 Å². The highest BCUT2D eigenvalue weighted by Crippen LogP contribution is 2.29. The average Bonchev–Trinajstić information content (AvgIpc) is 1.96. The van der Waals surface area contributed by atoms with Gasteiger partial charge < -0.3 is 0 Å². The zero-order valence-electron chi connectivity index (χ0n) is 8.73. The molecule has 4 saturated heterocycles. The van der Waals surface area contributed by atoms with Gasteiger partial charge in [-0.15, -0.1) is 17.0 Å². The van der Waals surface area contributed by atoms with Crippen LogP contribution in [0.4, 0.5) is 0 Å². The average molecular weight is 341 g/mol. The molecule has 4 heterocycles. The highest BCUT2D eigenvalue weighted by Gasteiger charge is 2.48. The summed E-state index contributed by atoms with van der Waals surface area (Å²) in [5.41, 5.74) is 0. The zero-order valence-corrected chi connectivity index (χ0v) is 12.0. The molecule has 6 heteroatoms. The van der Waals surface area contributed by atoms with Gasteiger partial charge in [0.1, 0.15) is 26.6 Å². The Bertz CT molecular complexity index is 246. The lowest BCUT2D eigenvalue weighted by molar-refractivity contribution is -0.975. The molecular formula is C9H17Br2N4+. The monoisotopic (exact) mass is 339 g/mol. The molecule has 0 aromatic heterocycles. The van der Waals surface area contributed by atoms with Crippen LogP contribution in [0.2, 0.25) is 0 Å². The van der Waals surface area contributed by atoms with Crippen molar-refractivity contribution in [2.45, 2.75) is 0 Å². The molecule has 0 spiro atoms. The summed E-state index contributed by atoms with van der Waals surface area (Å²) in [5.74, 6) is 0. The molecular weight excluding hydrogens is 324 g/mol. The van der Waals surface area contributed by atoms with Gasteiger partial charge in [0.2, 0.25) is 0 Å². The Kier molecular flexibility index (Phi) is 3.27. The smallest absolute Gasteiger partial charge is 0.139 e. The fraction of sp³-hybridized carbons (Fsp3) is 0.778. The van der Waals surface area contributed by atoms with Crippen molar-refractivity contribution in [3.05, 3.63) is 11.1 Å². The van der Waals surface area contributed by atoms with Crippen LogP contribution in [-0.4, -0.2) is 65.7 Å². The Balaban J connectivity index is 0.000000853. The molecule has 4 aliphatic rings. The van der Waals surface area contributed by atoms with E-state index in [4.69, 9.17) is 0 Å². The summed E-state index contributed by atoms with van der Waals surface area (Å²) in [4.78, 5) is 7.56. The summed E-state index contributed by atoms with van der Waals surface area (Å²) in [6.07, 6.45) is 0. The van der Waals surface area contributed by atoms with Crippen molar-refractivity contribution in [2.24, 2.45) is 0 Å². The van der Waals surface area contributed by atoms with Gasteiger partial charge in [-0.05, 0) is 0 Å². The van der Waals surface area contributed by atoms with Crippen LogP contribution >= 0.6 is 32.9 Å². The first kappa shape index (κ1) is 12.0. The normalized spacial score (nSPS) is 46.3. The van der Waals surface area contributed by atoms with E-state index in [1.807, 2.05) is 0 Å². The third-order valence-electron chi connectivity index (χ3n) is 3.21. The maximum Gasteiger partial charge on any atom is 0.139 e. The predicted molar refractivity (Wildman–Crippen MR) is 68.2 cm³/mol. The van der Waals surface area contributed by atoms with Gasteiger partial charge >= 0.3 is 0 Å². The molecule has 4 fully saturated rings. The molecule has 0 aromatic carbocycles. The standard InChI is InChI=1S/C9H16BrN4.BrH/c1-9(10)2-14-6-11-3-12(7-14)5-13(4-11)8-14;/h1-8H2;1H/q+1;. The maximum atomic E-state index is 3.98. The van der Waals surface area contributed by atoms with Crippen LogP contribution in [0.15, 0.2) is 11.1 Å². The topological polar surface area (TPSA) is 9.72 Å². The molecule has 4 rings (SSSR count). The second-order valence-electron chi connectivity index (χ2n) is 4.88. The quantitative estimate of drug-likeness (QED) is 0.694. The van der Waals surface area contributed by atoms with E-state index in [0.717, 1.165) is 35.5 Å². The van der Waals surface area contributed by atoms with Gasteiger partial charge in [-0.2, -0.15) is 0 Å². The number of hydrogen-bond donors (Lipinski definition) is 0. The molecule has 0 N–H and O–H groups in total. The van der Waals surface area contributed by atoms with Crippen LogP contribution in [0.1, 0.15) is 0 Å². The second kappa shape index (κ2) is 4.09. The summed E-state index contributed by atoms with van der Waals surface area (Å²) < 4.78 is 2.27. The summed E-state index contributed by atoms with van der Waals surface area (Å²) in [6.45, 7) is 12.1. The lowest BCUT2D eigenvalue weighted by Crippen LogP contribution is -2.79. The summed E-state index contributed by atoms with van der Waals surface area (Å²) in [6, 6.07) is 0. The molecule has 0 radical (unpaired) electrons. The van der Waals surface area contributed by atoms with Crippen LogP contribution in [-0.2, 0) is 0 Å². The van der Waals surface area contributed by atoms with E-state index < -0.39 is 0 Å². The molecule has 0 amide bonds. The van der Waals surface area contributed by atoms with Crippen molar-refractivity contribution in [1.29, 1.82) is 0 Å². The Morgan fingerprint density at radius 2 is 1.47 bits per heavy atom. The molecule has 0 aromatic rings. The summed E-state index contributed by atoms with van der Waals surface area (Å²) >= 11 is 3.50. The molecule has 0 aliphatic carbocycles. The van der Waals surface area contributed by atoms with Crippen LogP contribution in [0.3, 0.4) is 0 Å². The van der Waals surface area contributed by atoms with Crippen LogP contribution in [0.25, 0.3) is 0 Å².